The number of esters is 1. The maximum Gasteiger partial charge on any atom is 0.338 e. The minimum atomic E-state index is -0.668. The van der Waals surface area contributed by atoms with Crippen LogP contribution in [0.4, 0.5) is 4.79 Å². The van der Waals surface area contributed by atoms with Crippen LogP contribution in [0.2, 0.25) is 0 Å². The molecule has 6 nitrogen and oxygen atoms in total. The monoisotopic (exact) mass is 289 g/mol. The Hall–Kier alpha value is -2.37. The van der Waals surface area contributed by atoms with E-state index in [9.17, 15) is 9.59 Å². The molecule has 0 radical (unpaired) electrons. The van der Waals surface area contributed by atoms with Gasteiger partial charge in [-0.3, -0.25) is 0 Å². The van der Waals surface area contributed by atoms with Gasteiger partial charge in [0, 0.05) is 5.71 Å². The number of primary amides is 1. The van der Waals surface area contributed by atoms with Gasteiger partial charge in [0.1, 0.15) is 6.10 Å². The smallest absolute Gasteiger partial charge is 0.338 e. The number of carbonyl (C=O) groups excluding carboxylic acids is 2. The van der Waals surface area contributed by atoms with Crippen molar-refractivity contribution in [3.8, 4) is 0 Å². The Balaban J connectivity index is 1.87. The topological polar surface area (TPSA) is 93.8 Å². The Kier molecular flexibility index (Phi) is 5.31. The van der Waals surface area contributed by atoms with Crippen molar-refractivity contribution in [2.24, 2.45) is 10.8 Å². The summed E-state index contributed by atoms with van der Waals surface area (Å²) < 4.78 is 5.53. The minimum absolute atomic E-state index is 0.112. The third-order valence-corrected chi connectivity index (χ3v) is 3.35. The van der Waals surface area contributed by atoms with E-state index < -0.39 is 6.03 Å². The van der Waals surface area contributed by atoms with Gasteiger partial charge in [-0.2, -0.15) is 5.10 Å². The molecule has 21 heavy (non-hydrogen) atoms. The predicted octanol–water partition coefficient (Wildman–Crippen LogP) is 2.20. The molecule has 3 N–H and O–H groups in total. The second kappa shape index (κ2) is 7.42. The van der Waals surface area contributed by atoms with E-state index in [2.05, 4.69) is 10.5 Å². The molecule has 0 aromatic heterocycles. The molecule has 2 rings (SSSR count). The van der Waals surface area contributed by atoms with Gasteiger partial charge in [0.05, 0.1) is 5.56 Å². The summed E-state index contributed by atoms with van der Waals surface area (Å²) >= 11 is 0. The maximum atomic E-state index is 12.0. The van der Waals surface area contributed by atoms with E-state index in [0.29, 0.717) is 18.4 Å². The van der Waals surface area contributed by atoms with E-state index in [1.165, 1.54) is 0 Å². The molecule has 2 amide bonds. The van der Waals surface area contributed by atoms with Gasteiger partial charge in [0.15, 0.2) is 0 Å². The Bertz CT molecular complexity index is 528. The number of amides is 2. The third kappa shape index (κ3) is 4.91. The number of nitrogens with zero attached hydrogens (tertiary/aromatic N) is 1. The fourth-order valence-corrected chi connectivity index (χ4v) is 2.29. The van der Waals surface area contributed by atoms with Crippen LogP contribution < -0.4 is 11.2 Å². The molecule has 0 saturated heterocycles. The Morgan fingerprint density at radius 3 is 2.67 bits per heavy atom. The van der Waals surface area contributed by atoms with Gasteiger partial charge >= 0.3 is 12.0 Å². The molecular formula is C15H19N3O3. The fraction of sp³-hybridized carbons (Fsp3) is 0.400. The molecule has 0 spiro atoms. The lowest BCUT2D eigenvalue weighted by Gasteiger charge is -2.15. The summed E-state index contributed by atoms with van der Waals surface area (Å²) in [5, 5.41) is 3.97. The summed E-state index contributed by atoms with van der Waals surface area (Å²) in [6, 6.07) is 8.29. The average molecular weight is 289 g/mol. The first-order valence-electron chi connectivity index (χ1n) is 7.02. The maximum absolute atomic E-state index is 12.0. The Morgan fingerprint density at radius 1 is 1.19 bits per heavy atom. The van der Waals surface area contributed by atoms with Gasteiger partial charge in [0.2, 0.25) is 0 Å². The van der Waals surface area contributed by atoms with E-state index >= 15 is 0 Å². The zero-order chi connectivity index (χ0) is 15.1. The van der Waals surface area contributed by atoms with E-state index in [1.54, 1.807) is 12.1 Å². The molecular weight excluding hydrogens is 270 g/mol. The van der Waals surface area contributed by atoms with Crippen molar-refractivity contribution < 1.29 is 14.3 Å². The van der Waals surface area contributed by atoms with Gasteiger partial charge < -0.3 is 10.5 Å². The van der Waals surface area contributed by atoms with Crippen molar-refractivity contribution in [2.45, 2.75) is 38.2 Å². The highest BCUT2D eigenvalue weighted by Gasteiger charge is 2.20. The molecule has 1 fully saturated rings. The quantitative estimate of drug-likeness (QED) is 0.507. The van der Waals surface area contributed by atoms with Crippen LogP contribution in [0.5, 0.6) is 0 Å². The lowest BCUT2D eigenvalue weighted by molar-refractivity contribution is 0.0270. The number of nitrogens with one attached hydrogen (secondary N) is 1. The first-order valence-corrected chi connectivity index (χ1v) is 7.02. The summed E-state index contributed by atoms with van der Waals surface area (Å²) in [6.07, 6.45) is 3.73. The lowest BCUT2D eigenvalue weighted by Crippen LogP contribution is -2.25. The molecule has 1 aromatic carbocycles. The standard InChI is InChI=1S/C15H19N3O3/c16-15(20)18-17-12-7-4-8-13(10-9-12)21-14(19)11-5-2-1-3-6-11/h1-3,5-6,13H,4,7-10H2,(H3,16,18,20)/b17-12+/t13-/m0/s1. The van der Waals surface area contributed by atoms with Crippen molar-refractivity contribution in [3.63, 3.8) is 0 Å². The molecule has 1 aliphatic carbocycles. The van der Waals surface area contributed by atoms with Gasteiger partial charge in [-0.15, -0.1) is 0 Å². The van der Waals surface area contributed by atoms with Crippen molar-refractivity contribution in [1.29, 1.82) is 0 Å². The van der Waals surface area contributed by atoms with Crippen molar-refractivity contribution in [2.75, 3.05) is 0 Å². The van der Waals surface area contributed by atoms with Crippen molar-refractivity contribution >= 4 is 17.7 Å². The van der Waals surface area contributed by atoms with E-state index in [4.69, 9.17) is 10.5 Å². The Morgan fingerprint density at radius 2 is 1.95 bits per heavy atom. The van der Waals surface area contributed by atoms with Crippen LogP contribution >= 0.6 is 0 Å². The average Bonchev–Trinajstić information content (AvgIpc) is 2.71. The molecule has 0 bridgehead atoms. The summed E-state index contributed by atoms with van der Waals surface area (Å²) in [5.41, 5.74) is 8.67. The highest BCUT2D eigenvalue weighted by atomic mass is 16.5. The summed E-state index contributed by atoms with van der Waals surface area (Å²) in [5.74, 6) is -0.295. The highest BCUT2D eigenvalue weighted by Crippen LogP contribution is 2.20. The summed E-state index contributed by atoms with van der Waals surface area (Å²) in [4.78, 5) is 22.6. The van der Waals surface area contributed by atoms with E-state index in [-0.39, 0.29) is 12.1 Å². The van der Waals surface area contributed by atoms with Crippen LogP contribution in [0.1, 0.15) is 42.5 Å². The number of nitrogens with two attached hydrogens (primary N) is 1. The molecule has 1 aromatic rings. The minimum Gasteiger partial charge on any atom is -0.459 e. The van der Waals surface area contributed by atoms with Crippen molar-refractivity contribution in [3.05, 3.63) is 35.9 Å². The number of carbonyl (C=O) groups is 2. The number of hydrazone groups is 1. The number of hydrogen-bond acceptors (Lipinski definition) is 4. The number of rotatable bonds is 3. The highest BCUT2D eigenvalue weighted by molar-refractivity contribution is 5.89. The van der Waals surface area contributed by atoms with Crippen LogP contribution in [-0.2, 0) is 4.74 Å². The van der Waals surface area contributed by atoms with Crippen molar-refractivity contribution in [1.82, 2.24) is 5.43 Å². The summed E-state index contributed by atoms with van der Waals surface area (Å²) in [7, 11) is 0. The van der Waals surface area contributed by atoms with Crippen LogP contribution in [0, 0.1) is 0 Å². The van der Waals surface area contributed by atoms with Gasteiger partial charge in [0.25, 0.3) is 0 Å². The van der Waals surface area contributed by atoms with Crippen LogP contribution in [-0.4, -0.2) is 23.8 Å². The lowest BCUT2D eigenvalue weighted by atomic mass is 10.1. The van der Waals surface area contributed by atoms with Crippen LogP contribution in [0.15, 0.2) is 35.4 Å². The molecule has 1 saturated carbocycles. The molecule has 112 valence electrons. The zero-order valence-electron chi connectivity index (χ0n) is 11.7. The number of hydrogen-bond donors (Lipinski definition) is 2. The normalized spacial score (nSPS) is 20.6. The molecule has 6 heteroatoms. The molecule has 0 unspecified atom stereocenters. The number of benzene rings is 1. The first-order chi connectivity index (χ1) is 10.1. The first kappa shape index (κ1) is 15.0. The SMILES string of the molecule is NC(=O)N/N=C1\CCC[C@H](OC(=O)c2ccccc2)CC1. The van der Waals surface area contributed by atoms with E-state index in [1.807, 2.05) is 18.2 Å². The molecule has 1 atom stereocenters. The van der Waals surface area contributed by atoms with Gasteiger partial charge in [-0.05, 0) is 44.2 Å². The number of urea groups is 1. The fourth-order valence-electron chi connectivity index (χ4n) is 2.29. The van der Waals surface area contributed by atoms with Gasteiger partial charge in [-0.25, -0.2) is 15.0 Å². The Labute approximate surface area is 123 Å². The van der Waals surface area contributed by atoms with Crippen LogP contribution in [0.3, 0.4) is 0 Å². The summed E-state index contributed by atoms with van der Waals surface area (Å²) in [6.45, 7) is 0. The largest absolute Gasteiger partial charge is 0.459 e. The second-order valence-electron chi connectivity index (χ2n) is 4.98. The number of ether oxygens (including phenoxy) is 1. The van der Waals surface area contributed by atoms with Gasteiger partial charge in [-0.1, -0.05) is 18.2 Å². The predicted molar refractivity (Wildman–Crippen MR) is 78.9 cm³/mol. The third-order valence-electron chi connectivity index (χ3n) is 3.35. The zero-order valence-corrected chi connectivity index (χ0v) is 11.7. The molecule has 0 heterocycles. The van der Waals surface area contributed by atoms with Crippen LogP contribution in [0.25, 0.3) is 0 Å². The molecule has 0 aliphatic heterocycles. The molecule has 1 aliphatic rings. The van der Waals surface area contributed by atoms with E-state index in [0.717, 1.165) is 25.0 Å². The second-order valence-corrected chi connectivity index (χ2v) is 4.98.